The molecule has 0 radical (unpaired) electrons. The number of aryl methyl sites for hydroxylation is 1. The Hall–Kier alpha value is -2.97. The first-order chi connectivity index (χ1) is 13.8. The average Bonchev–Trinajstić information content (AvgIpc) is 3.36. The smallest absolute Gasteiger partial charge is 0.416 e. The molecule has 0 bridgehead atoms. The maximum Gasteiger partial charge on any atom is 0.416 e. The van der Waals surface area contributed by atoms with Crippen molar-refractivity contribution in [3.8, 4) is 11.3 Å². The van der Waals surface area contributed by atoms with Crippen LogP contribution in [0.1, 0.15) is 54.2 Å². The summed E-state index contributed by atoms with van der Waals surface area (Å²) in [5, 5.41) is 0. The molecule has 3 rings (SSSR count). The van der Waals surface area contributed by atoms with Crippen LogP contribution < -0.4 is 0 Å². The Balaban J connectivity index is 1.47. The normalized spacial score (nSPS) is 11.7. The van der Waals surface area contributed by atoms with Crippen molar-refractivity contribution in [1.29, 1.82) is 0 Å². The van der Waals surface area contributed by atoms with E-state index in [2.05, 4.69) is 15.0 Å². The summed E-state index contributed by atoms with van der Waals surface area (Å²) in [5.74, 6) is -0.180. The third-order valence-corrected chi connectivity index (χ3v) is 4.45. The van der Waals surface area contributed by atoms with Crippen molar-refractivity contribution < 1.29 is 26.8 Å². The number of rotatable bonds is 9. The van der Waals surface area contributed by atoms with Crippen molar-refractivity contribution in [3.63, 3.8) is 0 Å². The molecule has 0 aliphatic rings. The minimum Gasteiger partial charge on any atom is -0.442 e. The first kappa shape index (κ1) is 20.8. The topological polar surface area (TPSA) is 71.8 Å². The van der Waals surface area contributed by atoms with E-state index in [1.165, 1.54) is 18.7 Å². The number of nitrogens with zero attached hydrogens (tertiary/aromatic N) is 2. The van der Waals surface area contributed by atoms with Gasteiger partial charge in [0, 0.05) is 18.4 Å². The number of aromatic amines is 1. The molecular formula is C20H19F4N3O2. The Morgan fingerprint density at radius 2 is 1.90 bits per heavy atom. The minimum absolute atomic E-state index is 0.120. The maximum absolute atomic E-state index is 14.0. The highest BCUT2D eigenvalue weighted by molar-refractivity contribution is 5.91. The lowest BCUT2D eigenvalue weighted by molar-refractivity contribution is -0.137. The molecule has 154 valence electrons. The predicted octanol–water partition coefficient (Wildman–Crippen LogP) is 5.60. The molecular weight excluding hydrogens is 390 g/mol. The van der Waals surface area contributed by atoms with E-state index in [4.69, 9.17) is 4.42 Å². The van der Waals surface area contributed by atoms with E-state index in [0.717, 1.165) is 31.4 Å². The molecule has 3 aromatic rings. The van der Waals surface area contributed by atoms with E-state index < -0.39 is 17.6 Å². The van der Waals surface area contributed by atoms with Gasteiger partial charge in [0.15, 0.2) is 0 Å². The SMILES string of the molecule is O=C(CCCCCCc1ncc(-c2cc(C(F)(F)F)ccc2F)[nH]1)c1ncco1. The zero-order chi connectivity index (χ0) is 20.9. The van der Waals surface area contributed by atoms with Gasteiger partial charge in [0.2, 0.25) is 5.78 Å². The average molecular weight is 409 g/mol. The van der Waals surface area contributed by atoms with E-state index in [-0.39, 0.29) is 22.9 Å². The van der Waals surface area contributed by atoms with Crippen molar-refractivity contribution in [2.45, 2.75) is 44.7 Å². The van der Waals surface area contributed by atoms with Crippen LogP contribution in [0.3, 0.4) is 0 Å². The van der Waals surface area contributed by atoms with E-state index in [1.807, 2.05) is 0 Å². The molecule has 0 saturated carbocycles. The number of hydrogen-bond acceptors (Lipinski definition) is 4. The molecule has 5 nitrogen and oxygen atoms in total. The number of hydrogen-bond donors (Lipinski definition) is 1. The Morgan fingerprint density at radius 3 is 2.62 bits per heavy atom. The largest absolute Gasteiger partial charge is 0.442 e. The van der Waals surface area contributed by atoms with Crippen molar-refractivity contribution in [1.82, 2.24) is 15.0 Å². The third kappa shape index (κ3) is 5.52. The number of oxazole rings is 1. The molecule has 0 saturated heterocycles. The minimum atomic E-state index is -4.54. The van der Waals surface area contributed by atoms with Crippen LogP contribution in [0.25, 0.3) is 11.3 Å². The molecule has 2 aromatic heterocycles. The summed E-state index contributed by atoms with van der Waals surface area (Å²) in [7, 11) is 0. The molecule has 0 atom stereocenters. The maximum atomic E-state index is 14.0. The molecule has 0 aliphatic heterocycles. The molecule has 2 heterocycles. The standard InChI is InChI=1S/C20H19F4N3O2/c21-15-8-7-13(20(22,23)24)11-14(15)16-12-26-18(27-16)6-4-2-1-3-5-17(28)19-25-9-10-29-19/h7-12H,1-6H2,(H,26,27). The van der Waals surface area contributed by atoms with Crippen LogP contribution >= 0.6 is 0 Å². The van der Waals surface area contributed by atoms with Gasteiger partial charge in [-0.3, -0.25) is 4.79 Å². The summed E-state index contributed by atoms with van der Waals surface area (Å²) in [6.45, 7) is 0. The number of alkyl halides is 3. The number of imidazole rings is 1. The summed E-state index contributed by atoms with van der Waals surface area (Å²) in [6, 6.07) is 2.29. The Labute approximate surface area is 164 Å². The number of aromatic nitrogens is 3. The number of unbranched alkanes of at least 4 members (excludes halogenated alkanes) is 3. The monoisotopic (exact) mass is 409 g/mol. The van der Waals surface area contributed by atoms with Crippen LogP contribution in [0.4, 0.5) is 17.6 Å². The van der Waals surface area contributed by atoms with Crippen molar-refractivity contribution in [2.75, 3.05) is 0 Å². The zero-order valence-electron chi connectivity index (χ0n) is 15.4. The molecule has 0 spiro atoms. The molecule has 0 amide bonds. The Bertz CT molecular complexity index is 949. The van der Waals surface area contributed by atoms with Gasteiger partial charge in [-0.05, 0) is 31.0 Å². The van der Waals surface area contributed by atoms with Crippen molar-refractivity contribution in [3.05, 3.63) is 60.0 Å². The van der Waals surface area contributed by atoms with Crippen LogP contribution in [0, 0.1) is 5.82 Å². The quantitative estimate of drug-likeness (QED) is 0.284. The van der Waals surface area contributed by atoms with Gasteiger partial charge in [0.1, 0.15) is 17.9 Å². The fourth-order valence-corrected chi connectivity index (χ4v) is 2.93. The third-order valence-electron chi connectivity index (χ3n) is 4.45. The molecule has 1 N–H and O–H groups in total. The number of halogens is 4. The first-order valence-corrected chi connectivity index (χ1v) is 9.18. The lowest BCUT2D eigenvalue weighted by Gasteiger charge is -2.08. The molecule has 0 unspecified atom stereocenters. The fourth-order valence-electron chi connectivity index (χ4n) is 2.93. The molecule has 0 fully saturated rings. The second-order valence-corrected chi connectivity index (χ2v) is 6.61. The highest BCUT2D eigenvalue weighted by atomic mass is 19.4. The number of Topliss-reactive ketones (excluding diaryl/α,β-unsaturated/α-hetero) is 1. The van der Waals surface area contributed by atoms with Crippen molar-refractivity contribution in [2.24, 2.45) is 0 Å². The Morgan fingerprint density at radius 1 is 1.10 bits per heavy atom. The zero-order valence-corrected chi connectivity index (χ0v) is 15.4. The number of carbonyl (C=O) groups excluding carboxylic acids is 1. The highest BCUT2D eigenvalue weighted by Crippen LogP contribution is 2.33. The number of carbonyl (C=O) groups is 1. The van der Waals surface area contributed by atoms with E-state index in [9.17, 15) is 22.4 Å². The van der Waals surface area contributed by atoms with Gasteiger partial charge in [0.05, 0.1) is 23.7 Å². The van der Waals surface area contributed by atoms with Gasteiger partial charge in [0.25, 0.3) is 5.89 Å². The van der Waals surface area contributed by atoms with Crippen LogP contribution in [0.2, 0.25) is 0 Å². The molecule has 29 heavy (non-hydrogen) atoms. The van der Waals surface area contributed by atoms with Gasteiger partial charge in [-0.2, -0.15) is 13.2 Å². The van der Waals surface area contributed by atoms with E-state index >= 15 is 0 Å². The fraction of sp³-hybridized carbons (Fsp3) is 0.350. The van der Waals surface area contributed by atoms with Gasteiger partial charge in [-0.15, -0.1) is 0 Å². The summed E-state index contributed by atoms with van der Waals surface area (Å²) in [4.78, 5) is 22.6. The van der Waals surface area contributed by atoms with Crippen LogP contribution in [-0.2, 0) is 12.6 Å². The number of H-pyrrole nitrogens is 1. The lowest BCUT2D eigenvalue weighted by atomic mass is 10.1. The summed E-state index contributed by atoms with van der Waals surface area (Å²) < 4.78 is 57.4. The molecule has 1 aromatic carbocycles. The summed E-state index contributed by atoms with van der Waals surface area (Å²) in [6.07, 6.45) is 3.70. The Kier molecular flexibility index (Phi) is 6.46. The highest BCUT2D eigenvalue weighted by Gasteiger charge is 2.31. The van der Waals surface area contributed by atoms with Gasteiger partial charge < -0.3 is 9.40 Å². The predicted molar refractivity (Wildman–Crippen MR) is 96.6 cm³/mol. The van der Waals surface area contributed by atoms with Crippen molar-refractivity contribution >= 4 is 5.78 Å². The number of nitrogens with one attached hydrogen (secondary N) is 1. The van der Waals surface area contributed by atoms with Gasteiger partial charge in [-0.25, -0.2) is 14.4 Å². The van der Waals surface area contributed by atoms with E-state index in [1.54, 1.807) is 0 Å². The number of benzene rings is 1. The van der Waals surface area contributed by atoms with Crippen LogP contribution in [0.15, 0.2) is 41.3 Å². The summed E-state index contributed by atoms with van der Waals surface area (Å²) in [5.41, 5.74) is -0.867. The van der Waals surface area contributed by atoms with E-state index in [0.29, 0.717) is 31.2 Å². The summed E-state index contributed by atoms with van der Waals surface area (Å²) >= 11 is 0. The van der Waals surface area contributed by atoms with Gasteiger partial charge >= 0.3 is 6.18 Å². The number of ketones is 1. The molecule has 0 aliphatic carbocycles. The van der Waals surface area contributed by atoms with Gasteiger partial charge in [-0.1, -0.05) is 12.8 Å². The second kappa shape index (κ2) is 9.02. The molecule has 9 heteroatoms. The van der Waals surface area contributed by atoms with Crippen LogP contribution in [0.5, 0.6) is 0 Å². The van der Waals surface area contributed by atoms with Crippen LogP contribution in [-0.4, -0.2) is 20.7 Å². The first-order valence-electron chi connectivity index (χ1n) is 9.18. The second-order valence-electron chi connectivity index (χ2n) is 6.61. The lowest BCUT2D eigenvalue weighted by Crippen LogP contribution is -2.05.